The molecule has 74 valence electrons. The van der Waals surface area contributed by atoms with Crippen molar-refractivity contribution >= 4 is 17.4 Å². The Balaban J connectivity index is 0.000000293. The van der Waals surface area contributed by atoms with Gasteiger partial charge in [0.15, 0.2) is 0 Å². The van der Waals surface area contributed by atoms with Gasteiger partial charge in [-0.3, -0.25) is 9.59 Å². The van der Waals surface area contributed by atoms with Crippen LogP contribution in [0.15, 0.2) is 24.3 Å². The van der Waals surface area contributed by atoms with Crippen LogP contribution in [-0.2, 0) is 4.79 Å². The van der Waals surface area contributed by atoms with Gasteiger partial charge in [-0.2, -0.15) is 0 Å². The van der Waals surface area contributed by atoms with Crippen LogP contribution in [0.1, 0.15) is 30.6 Å². The number of carbonyl (C=O) groups excluding carboxylic acids is 2. The molecule has 0 spiro atoms. The summed E-state index contributed by atoms with van der Waals surface area (Å²) in [6.45, 7) is 4.25. The molecule has 1 amide bonds. The lowest BCUT2D eigenvalue weighted by Crippen LogP contribution is -2.12. The first-order chi connectivity index (χ1) is 6.70. The van der Waals surface area contributed by atoms with Crippen molar-refractivity contribution in [1.82, 2.24) is 0 Å². The van der Waals surface area contributed by atoms with E-state index < -0.39 is 11.7 Å². The van der Waals surface area contributed by atoms with E-state index in [1.165, 1.54) is 6.42 Å². The number of nitrogens with one attached hydrogen (secondary N) is 1. The molecule has 1 aromatic rings. The van der Waals surface area contributed by atoms with Crippen LogP contribution < -0.4 is 5.32 Å². The van der Waals surface area contributed by atoms with Gasteiger partial charge in [0.25, 0.3) is 11.7 Å². The van der Waals surface area contributed by atoms with Crippen molar-refractivity contribution in [3.63, 3.8) is 0 Å². The standard InChI is InChI=1S/C8H5NO2.C3H8/c10-7-5-3-1-2-4-6(5)9-8(7)11;1-3-2/h1-4H,(H,9,10,11);3H2,1-2H3. The minimum absolute atomic E-state index is 0.444. The van der Waals surface area contributed by atoms with Crippen LogP contribution in [0.4, 0.5) is 5.69 Å². The number of rotatable bonds is 0. The average molecular weight is 191 g/mol. The lowest BCUT2D eigenvalue weighted by molar-refractivity contribution is -0.112. The fraction of sp³-hybridized carbons (Fsp3) is 0.273. The zero-order valence-electron chi connectivity index (χ0n) is 8.33. The van der Waals surface area contributed by atoms with Gasteiger partial charge in [0.2, 0.25) is 0 Å². The van der Waals surface area contributed by atoms with Gasteiger partial charge < -0.3 is 5.32 Å². The molecule has 0 bridgehead atoms. The third-order valence-corrected chi connectivity index (χ3v) is 1.63. The number of anilines is 1. The second-order valence-corrected chi connectivity index (χ2v) is 3.04. The number of amides is 1. The summed E-state index contributed by atoms with van der Waals surface area (Å²) in [5.41, 5.74) is 1.08. The molecule has 3 nitrogen and oxygen atoms in total. The normalized spacial score (nSPS) is 12.7. The summed E-state index contributed by atoms with van der Waals surface area (Å²) in [6.07, 6.45) is 1.25. The Morgan fingerprint density at radius 2 is 1.71 bits per heavy atom. The summed E-state index contributed by atoms with van der Waals surface area (Å²) in [5.74, 6) is -0.980. The molecule has 1 heterocycles. The number of para-hydroxylation sites is 1. The van der Waals surface area contributed by atoms with Crippen LogP contribution in [0.3, 0.4) is 0 Å². The van der Waals surface area contributed by atoms with Crippen molar-refractivity contribution in [1.29, 1.82) is 0 Å². The zero-order valence-corrected chi connectivity index (χ0v) is 8.33. The summed E-state index contributed by atoms with van der Waals surface area (Å²) in [4.78, 5) is 21.8. The van der Waals surface area contributed by atoms with Crippen LogP contribution in [0, 0.1) is 0 Å². The summed E-state index contributed by atoms with van der Waals surface area (Å²) in [5, 5.41) is 2.46. The first kappa shape index (κ1) is 10.4. The minimum Gasteiger partial charge on any atom is -0.318 e. The molecule has 1 aliphatic rings. The first-order valence-corrected chi connectivity index (χ1v) is 4.65. The van der Waals surface area contributed by atoms with Crippen LogP contribution >= 0.6 is 0 Å². The predicted octanol–water partition coefficient (Wildman–Crippen LogP) is 2.24. The molecule has 2 rings (SSSR count). The fourth-order valence-electron chi connectivity index (χ4n) is 1.09. The number of carbonyl (C=O) groups is 2. The number of fused-ring (bicyclic) bond motifs is 1. The Morgan fingerprint density at radius 3 is 2.29 bits per heavy atom. The van der Waals surface area contributed by atoms with Crippen LogP contribution in [0.2, 0.25) is 0 Å². The average Bonchev–Trinajstić information content (AvgIpc) is 2.45. The summed E-state index contributed by atoms with van der Waals surface area (Å²) >= 11 is 0. The van der Waals surface area contributed by atoms with Crippen molar-refractivity contribution in [2.24, 2.45) is 0 Å². The topological polar surface area (TPSA) is 46.2 Å². The number of hydrogen-bond donors (Lipinski definition) is 1. The van der Waals surface area contributed by atoms with E-state index in [1.54, 1.807) is 24.3 Å². The maximum atomic E-state index is 11.0. The highest BCUT2D eigenvalue weighted by molar-refractivity contribution is 6.51. The highest BCUT2D eigenvalue weighted by Gasteiger charge is 2.26. The molecule has 1 aromatic carbocycles. The Labute approximate surface area is 83.1 Å². The second-order valence-electron chi connectivity index (χ2n) is 3.04. The largest absolute Gasteiger partial charge is 0.318 e. The molecule has 0 saturated heterocycles. The molecule has 1 N–H and O–H groups in total. The van der Waals surface area contributed by atoms with Gasteiger partial charge in [0, 0.05) is 0 Å². The Bertz CT molecular complexity index is 358. The van der Waals surface area contributed by atoms with Gasteiger partial charge in [0.05, 0.1) is 11.3 Å². The molecule has 0 unspecified atom stereocenters. The van der Waals surface area contributed by atoms with E-state index in [9.17, 15) is 9.59 Å². The Morgan fingerprint density at radius 1 is 1.14 bits per heavy atom. The van der Waals surface area contributed by atoms with E-state index in [-0.39, 0.29) is 0 Å². The van der Waals surface area contributed by atoms with E-state index in [0.717, 1.165) is 0 Å². The monoisotopic (exact) mass is 191 g/mol. The second kappa shape index (κ2) is 4.56. The van der Waals surface area contributed by atoms with Crippen molar-refractivity contribution in [3.8, 4) is 0 Å². The van der Waals surface area contributed by atoms with Gasteiger partial charge in [-0.25, -0.2) is 0 Å². The van der Waals surface area contributed by atoms with E-state index in [4.69, 9.17) is 0 Å². The summed E-state index contributed by atoms with van der Waals surface area (Å²) < 4.78 is 0. The van der Waals surface area contributed by atoms with E-state index >= 15 is 0 Å². The van der Waals surface area contributed by atoms with Crippen molar-refractivity contribution in [2.45, 2.75) is 20.3 Å². The van der Waals surface area contributed by atoms with E-state index in [0.29, 0.717) is 11.3 Å². The van der Waals surface area contributed by atoms with Gasteiger partial charge in [0.1, 0.15) is 0 Å². The smallest absolute Gasteiger partial charge is 0.296 e. The molecule has 0 fully saturated rings. The van der Waals surface area contributed by atoms with Gasteiger partial charge >= 0.3 is 0 Å². The van der Waals surface area contributed by atoms with E-state index in [1.807, 2.05) is 0 Å². The SMILES string of the molecule is CCC.O=C1Nc2ccccc2C1=O. The minimum atomic E-state index is -0.536. The molecule has 0 saturated carbocycles. The molecule has 0 radical (unpaired) electrons. The third kappa shape index (κ3) is 1.99. The Kier molecular flexibility index (Phi) is 3.40. The van der Waals surface area contributed by atoms with E-state index in [2.05, 4.69) is 19.2 Å². The molecule has 3 heteroatoms. The van der Waals surface area contributed by atoms with Crippen LogP contribution in [-0.4, -0.2) is 11.7 Å². The highest BCUT2D eigenvalue weighted by Crippen LogP contribution is 2.21. The van der Waals surface area contributed by atoms with Gasteiger partial charge in [-0.15, -0.1) is 0 Å². The quantitative estimate of drug-likeness (QED) is 0.639. The lowest BCUT2D eigenvalue weighted by Gasteiger charge is -1.91. The number of Topliss-reactive ketones (excluding diaryl/α,β-unsaturated/α-hetero) is 1. The molecule has 0 aliphatic carbocycles. The molecule has 14 heavy (non-hydrogen) atoms. The molecule has 0 atom stereocenters. The van der Waals surface area contributed by atoms with Crippen LogP contribution in [0.5, 0.6) is 0 Å². The maximum absolute atomic E-state index is 11.0. The number of hydrogen-bond acceptors (Lipinski definition) is 2. The van der Waals surface area contributed by atoms with Crippen molar-refractivity contribution in [2.75, 3.05) is 5.32 Å². The third-order valence-electron chi connectivity index (χ3n) is 1.63. The predicted molar refractivity (Wildman–Crippen MR) is 55.4 cm³/mol. The molecule has 0 aromatic heterocycles. The fourth-order valence-corrected chi connectivity index (χ4v) is 1.09. The van der Waals surface area contributed by atoms with Crippen LogP contribution in [0.25, 0.3) is 0 Å². The lowest BCUT2D eigenvalue weighted by atomic mass is 10.1. The zero-order chi connectivity index (χ0) is 10.6. The summed E-state index contributed by atoms with van der Waals surface area (Å²) in [7, 11) is 0. The molecular weight excluding hydrogens is 178 g/mol. The van der Waals surface area contributed by atoms with Crippen molar-refractivity contribution in [3.05, 3.63) is 29.8 Å². The van der Waals surface area contributed by atoms with Gasteiger partial charge in [-0.1, -0.05) is 32.4 Å². The maximum Gasteiger partial charge on any atom is 0.296 e. The van der Waals surface area contributed by atoms with Gasteiger partial charge in [-0.05, 0) is 12.1 Å². The first-order valence-electron chi connectivity index (χ1n) is 4.65. The Hall–Kier alpha value is -1.64. The molecule has 1 aliphatic heterocycles. The van der Waals surface area contributed by atoms with Crippen molar-refractivity contribution < 1.29 is 9.59 Å². The summed E-state index contributed by atoms with van der Waals surface area (Å²) in [6, 6.07) is 6.85. The number of ketones is 1. The molecular formula is C11H13NO2. The highest BCUT2D eigenvalue weighted by atomic mass is 16.2. The number of benzene rings is 1.